The molecule has 0 bridgehead atoms. The number of nitriles is 2. The molecule has 0 N–H and O–H groups in total. The zero-order valence-electron chi connectivity index (χ0n) is 13.4. The van der Waals surface area contributed by atoms with Gasteiger partial charge in [0.2, 0.25) is 0 Å². The Kier molecular flexibility index (Phi) is 8.81. The van der Waals surface area contributed by atoms with Crippen molar-refractivity contribution < 1.29 is 0 Å². The standard InChI is InChI=1S/C16H28N4/c1-5-9-11-15(7-3,13-17)19-20-16(8-4,14-18)12-10-6-2/h5-12H2,1-4H3. The molecule has 0 saturated carbocycles. The van der Waals surface area contributed by atoms with E-state index in [1.807, 2.05) is 13.8 Å². The van der Waals surface area contributed by atoms with Crippen molar-refractivity contribution in [1.29, 1.82) is 10.5 Å². The molecule has 0 spiro atoms. The molecular formula is C16H28N4. The van der Waals surface area contributed by atoms with Crippen molar-refractivity contribution in [1.82, 2.24) is 0 Å². The van der Waals surface area contributed by atoms with E-state index < -0.39 is 11.1 Å². The lowest BCUT2D eigenvalue weighted by molar-refractivity contribution is 0.385. The molecule has 0 aromatic carbocycles. The molecule has 0 aliphatic rings. The summed E-state index contributed by atoms with van der Waals surface area (Å²) in [7, 11) is 0. The molecule has 0 aliphatic heterocycles. The Balaban J connectivity index is 5.15. The molecule has 0 radical (unpaired) electrons. The van der Waals surface area contributed by atoms with Crippen LogP contribution in [0.1, 0.15) is 79.1 Å². The Bertz CT molecular complexity index is 341. The van der Waals surface area contributed by atoms with E-state index in [4.69, 9.17) is 0 Å². The van der Waals surface area contributed by atoms with Crippen molar-refractivity contribution >= 4 is 0 Å². The number of hydrogen-bond donors (Lipinski definition) is 0. The topological polar surface area (TPSA) is 72.3 Å². The summed E-state index contributed by atoms with van der Waals surface area (Å²) in [5, 5.41) is 27.5. The Labute approximate surface area is 123 Å². The van der Waals surface area contributed by atoms with E-state index in [-0.39, 0.29) is 0 Å². The molecule has 0 rings (SSSR count). The highest BCUT2D eigenvalue weighted by Crippen LogP contribution is 2.28. The van der Waals surface area contributed by atoms with Crippen molar-refractivity contribution in [3.8, 4) is 12.1 Å². The average Bonchev–Trinajstić information content (AvgIpc) is 2.51. The minimum Gasteiger partial charge on any atom is -0.196 e. The van der Waals surface area contributed by atoms with Gasteiger partial charge in [-0.05, 0) is 25.7 Å². The van der Waals surface area contributed by atoms with Crippen molar-refractivity contribution in [3.63, 3.8) is 0 Å². The Morgan fingerprint density at radius 1 is 0.750 bits per heavy atom. The van der Waals surface area contributed by atoms with Gasteiger partial charge >= 0.3 is 0 Å². The van der Waals surface area contributed by atoms with Crippen LogP contribution in [0.4, 0.5) is 0 Å². The second-order valence-electron chi connectivity index (χ2n) is 5.40. The highest BCUT2D eigenvalue weighted by atomic mass is 15.2. The zero-order valence-corrected chi connectivity index (χ0v) is 13.4. The number of rotatable bonds is 10. The normalized spacial score (nSPS) is 17.1. The summed E-state index contributed by atoms with van der Waals surface area (Å²) >= 11 is 0. The van der Waals surface area contributed by atoms with Crippen molar-refractivity contribution in [2.75, 3.05) is 0 Å². The van der Waals surface area contributed by atoms with Gasteiger partial charge in [-0.25, -0.2) is 0 Å². The second-order valence-corrected chi connectivity index (χ2v) is 5.40. The zero-order chi connectivity index (χ0) is 15.5. The lowest BCUT2D eigenvalue weighted by atomic mass is 9.91. The minimum atomic E-state index is -0.751. The predicted octanol–water partition coefficient (Wildman–Crippen LogP) is 5.16. The summed E-state index contributed by atoms with van der Waals surface area (Å²) < 4.78 is 0. The average molecular weight is 276 g/mol. The lowest BCUT2D eigenvalue weighted by Gasteiger charge is -2.23. The molecular weight excluding hydrogens is 248 g/mol. The number of hydrogen-bond acceptors (Lipinski definition) is 4. The predicted molar refractivity (Wildman–Crippen MR) is 81.2 cm³/mol. The third-order valence-corrected chi connectivity index (χ3v) is 3.91. The first-order valence-corrected chi connectivity index (χ1v) is 7.84. The SMILES string of the molecule is CCCCC(C#N)(CC)N=NC(C#N)(CC)CCCC. The van der Waals surface area contributed by atoms with Gasteiger partial charge in [0.25, 0.3) is 0 Å². The monoisotopic (exact) mass is 276 g/mol. The smallest absolute Gasteiger partial charge is 0.167 e. The lowest BCUT2D eigenvalue weighted by Crippen LogP contribution is -2.27. The van der Waals surface area contributed by atoms with Gasteiger partial charge in [-0.15, -0.1) is 0 Å². The van der Waals surface area contributed by atoms with Gasteiger partial charge in [-0.1, -0.05) is 53.4 Å². The number of unbranched alkanes of at least 4 members (excludes halogenated alkanes) is 2. The summed E-state index contributed by atoms with van der Waals surface area (Å²) in [4.78, 5) is 0. The van der Waals surface area contributed by atoms with E-state index in [1.165, 1.54) is 0 Å². The quantitative estimate of drug-likeness (QED) is 0.517. The maximum Gasteiger partial charge on any atom is 0.167 e. The van der Waals surface area contributed by atoms with Gasteiger partial charge in [0.15, 0.2) is 11.1 Å². The van der Waals surface area contributed by atoms with Crippen LogP contribution in [0.25, 0.3) is 0 Å². The molecule has 0 aromatic heterocycles. The molecule has 2 atom stereocenters. The Morgan fingerprint density at radius 2 is 1.10 bits per heavy atom. The molecule has 112 valence electrons. The van der Waals surface area contributed by atoms with Gasteiger partial charge in [0, 0.05) is 0 Å². The molecule has 0 aromatic rings. The summed E-state index contributed by atoms with van der Waals surface area (Å²) in [6.07, 6.45) is 6.72. The van der Waals surface area contributed by atoms with Crippen molar-refractivity contribution in [2.24, 2.45) is 10.2 Å². The first-order chi connectivity index (χ1) is 9.57. The molecule has 4 nitrogen and oxygen atoms in total. The van der Waals surface area contributed by atoms with Crippen LogP contribution >= 0.6 is 0 Å². The van der Waals surface area contributed by atoms with E-state index in [0.717, 1.165) is 38.5 Å². The van der Waals surface area contributed by atoms with E-state index >= 15 is 0 Å². The summed E-state index contributed by atoms with van der Waals surface area (Å²) in [5.74, 6) is 0. The van der Waals surface area contributed by atoms with Crippen molar-refractivity contribution in [3.05, 3.63) is 0 Å². The van der Waals surface area contributed by atoms with Crippen LogP contribution in [0.3, 0.4) is 0 Å². The van der Waals surface area contributed by atoms with E-state index in [2.05, 4.69) is 36.2 Å². The maximum atomic E-state index is 9.43. The third kappa shape index (κ3) is 5.29. The van der Waals surface area contributed by atoms with Gasteiger partial charge in [-0.3, -0.25) is 0 Å². The first kappa shape index (κ1) is 18.6. The first-order valence-electron chi connectivity index (χ1n) is 7.84. The van der Waals surface area contributed by atoms with Gasteiger partial charge in [0.05, 0.1) is 12.1 Å². The Morgan fingerprint density at radius 3 is 1.30 bits per heavy atom. The van der Waals surface area contributed by atoms with Crippen LogP contribution in [-0.4, -0.2) is 11.1 Å². The fraction of sp³-hybridized carbons (Fsp3) is 0.875. The van der Waals surface area contributed by atoms with Crippen LogP contribution in [0.2, 0.25) is 0 Å². The molecule has 2 unspecified atom stereocenters. The molecule has 0 amide bonds. The summed E-state index contributed by atoms with van der Waals surface area (Å²) in [6.45, 7) is 8.12. The molecule has 0 heterocycles. The minimum absolute atomic E-state index is 0.645. The van der Waals surface area contributed by atoms with E-state index in [9.17, 15) is 10.5 Å². The third-order valence-electron chi connectivity index (χ3n) is 3.91. The highest BCUT2D eigenvalue weighted by Gasteiger charge is 2.32. The molecule has 0 fully saturated rings. The molecule has 0 saturated heterocycles. The molecule has 4 heteroatoms. The van der Waals surface area contributed by atoms with Crippen LogP contribution < -0.4 is 0 Å². The Hall–Kier alpha value is -1.42. The number of nitrogens with zero attached hydrogens (tertiary/aromatic N) is 4. The fourth-order valence-electron chi connectivity index (χ4n) is 2.04. The summed E-state index contributed by atoms with van der Waals surface area (Å²) in [6, 6.07) is 4.61. The molecule has 20 heavy (non-hydrogen) atoms. The fourth-order valence-corrected chi connectivity index (χ4v) is 2.04. The van der Waals surface area contributed by atoms with Crippen LogP contribution in [0.15, 0.2) is 10.2 Å². The maximum absolute atomic E-state index is 9.43. The van der Waals surface area contributed by atoms with Gasteiger partial charge < -0.3 is 0 Å². The second kappa shape index (κ2) is 9.48. The van der Waals surface area contributed by atoms with Crippen LogP contribution in [0, 0.1) is 22.7 Å². The molecule has 0 aliphatic carbocycles. The van der Waals surface area contributed by atoms with Crippen LogP contribution in [-0.2, 0) is 0 Å². The largest absolute Gasteiger partial charge is 0.196 e. The van der Waals surface area contributed by atoms with Crippen LogP contribution in [0.5, 0.6) is 0 Å². The van der Waals surface area contributed by atoms with Gasteiger partial charge in [0.1, 0.15) is 0 Å². The summed E-state index contributed by atoms with van der Waals surface area (Å²) in [5.41, 5.74) is -1.50. The van der Waals surface area contributed by atoms with E-state index in [1.54, 1.807) is 0 Å². The van der Waals surface area contributed by atoms with E-state index in [0.29, 0.717) is 12.8 Å². The van der Waals surface area contributed by atoms with Gasteiger partial charge in [-0.2, -0.15) is 20.8 Å². The highest BCUT2D eigenvalue weighted by molar-refractivity contribution is 5.09. The van der Waals surface area contributed by atoms with Crippen molar-refractivity contribution in [2.45, 2.75) is 90.1 Å². The number of azo groups is 1.